The molecule has 0 rings (SSSR count). The van der Waals surface area contributed by atoms with Gasteiger partial charge in [-0.1, -0.05) is 391 Å². The van der Waals surface area contributed by atoms with Gasteiger partial charge in [-0.2, -0.15) is 0 Å². The fraction of sp³-hybridized carbons (Fsp3) is 0.897. The molecule has 0 aliphatic carbocycles. The lowest BCUT2D eigenvalue weighted by molar-refractivity contribution is -0.143. The van der Waals surface area contributed by atoms with Gasteiger partial charge in [0, 0.05) is 12.8 Å². The molecule has 0 aliphatic rings. The Hall–Kier alpha value is -1.92. The van der Waals surface area contributed by atoms with E-state index in [1.807, 2.05) is 6.08 Å². The number of rotatable bonds is 72. The van der Waals surface area contributed by atoms with Crippen LogP contribution in [0, 0.1) is 0 Å². The minimum atomic E-state index is -0.843. The summed E-state index contributed by atoms with van der Waals surface area (Å²) >= 11 is 0. The van der Waals surface area contributed by atoms with E-state index in [0.29, 0.717) is 19.4 Å². The Bertz CT molecular complexity index is 1360. The number of aliphatic hydroxyl groups excluding tert-OH is 2. The number of aliphatic hydroxyl groups is 2. The highest BCUT2D eigenvalue weighted by Crippen LogP contribution is 2.20. The van der Waals surface area contributed by atoms with Gasteiger partial charge in [0.2, 0.25) is 5.91 Å². The molecule has 1 amide bonds. The molecule has 2 atom stereocenters. The molecule has 0 bridgehead atoms. The van der Waals surface area contributed by atoms with E-state index >= 15 is 0 Å². The van der Waals surface area contributed by atoms with E-state index in [-0.39, 0.29) is 18.5 Å². The number of hydrogen-bond donors (Lipinski definition) is 3. The predicted octanol–water partition coefficient (Wildman–Crippen LogP) is 25.0. The molecule has 3 N–H and O–H groups in total. The lowest BCUT2D eigenvalue weighted by Gasteiger charge is -2.20. The van der Waals surface area contributed by atoms with E-state index in [2.05, 4.69) is 43.5 Å². The molecule has 0 aromatic heterocycles. The van der Waals surface area contributed by atoms with Gasteiger partial charge in [0.1, 0.15) is 0 Å². The van der Waals surface area contributed by atoms with Crippen LogP contribution in [0.1, 0.15) is 425 Å². The van der Waals surface area contributed by atoms with Gasteiger partial charge in [-0.25, -0.2) is 0 Å². The highest BCUT2D eigenvalue weighted by molar-refractivity contribution is 5.76. The summed E-state index contributed by atoms with van der Waals surface area (Å²) in [6.07, 6.45) is 95.4. The maximum absolute atomic E-state index is 12.5. The predicted molar refractivity (Wildman–Crippen MR) is 370 cm³/mol. The molecule has 6 heteroatoms. The summed E-state index contributed by atoms with van der Waals surface area (Å²) in [4.78, 5) is 24.6. The van der Waals surface area contributed by atoms with Gasteiger partial charge in [0.25, 0.3) is 0 Å². The first kappa shape index (κ1) is 82.1. The quantitative estimate of drug-likeness (QED) is 0.0320. The number of amides is 1. The Balaban J connectivity index is 3.36. The second-order valence-corrected chi connectivity index (χ2v) is 26.3. The number of esters is 1. The monoisotopic (exact) mass is 1180 g/mol. The van der Waals surface area contributed by atoms with Crippen molar-refractivity contribution >= 4 is 11.9 Å². The van der Waals surface area contributed by atoms with Crippen LogP contribution >= 0.6 is 0 Å². The van der Waals surface area contributed by atoms with E-state index in [1.165, 1.54) is 347 Å². The first-order valence-corrected chi connectivity index (χ1v) is 38.3. The first-order chi connectivity index (χ1) is 41.5. The molecule has 84 heavy (non-hydrogen) atoms. The van der Waals surface area contributed by atoms with Gasteiger partial charge in [-0.3, -0.25) is 9.59 Å². The Labute approximate surface area is 525 Å². The minimum Gasteiger partial charge on any atom is -0.466 e. The van der Waals surface area contributed by atoms with Crippen LogP contribution in [0.3, 0.4) is 0 Å². The summed E-state index contributed by atoms with van der Waals surface area (Å²) in [6, 6.07) is -0.626. The Morgan fingerprint density at radius 1 is 0.333 bits per heavy atom. The van der Waals surface area contributed by atoms with Gasteiger partial charge >= 0.3 is 5.97 Å². The zero-order chi connectivity index (χ0) is 60.6. The summed E-state index contributed by atoms with van der Waals surface area (Å²) < 4.78 is 5.48. The molecule has 0 radical (unpaired) electrons. The van der Waals surface area contributed by atoms with Crippen molar-refractivity contribution in [1.29, 1.82) is 0 Å². The summed E-state index contributed by atoms with van der Waals surface area (Å²) in [5.74, 6) is -0.0537. The number of hydrogen-bond acceptors (Lipinski definition) is 5. The van der Waals surface area contributed by atoms with Crippen molar-refractivity contribution in [2.75, 3.05) is 13.2 Å². The number of ether oxygens (including phenoxy) is 1. The van der Waals surface area contributed by atoms with Crippen LogP contribution in [-0.4, -0.2) is 47.4 Å². The van der Waals surface area contributed by atoms with Crippen LogP contribution in [-0.2, 0) is 14.3 Å². The van der Waals surface area contributed by atoms with Crippen molar-refractivity contribution in [2.45, 2.75) is 437 Å². The van der Waals surface area contributed by atoms with Crippen molar-refractivity contribution in [3.8, 4) is 0 Å². The SMILES string of the molecule is CCC/C=C\C/C=C\CCCCCCCC(=O)OCCCCCCCCCCCCCCCCCCCCCCCCCCCCCCCCCC(=O)NC(CO)C(O)/C=C/CCCCCCCCCCCCCCCCCCCCCCC. The number of unbranched alkanes of at least 4 members (excludes halogenated alkanes) is 57. The fourth-order valence-electron chi connectivity index (χ4n) is 12.1. The molecule has 0 aromatic rings. The fourth-order valence-corrected chi connectivity index (χ4v) is 12.1. The van der Waals surface area contributed by atoms with Crippen LogP contribution < -0.4 is 5.32 Å². The van der Waals surface area contributed by atoms with Crippen molar-refractivity contribution in [1.82, 2.24) is 5.32 Å². The number of nitrogens with one attached hydrogen (secondary N) is 1. The molecule has 0 aliphatic heterocycles. The van der Waals surface area contributed by atoms with E-state index in [9.17, 15) is 19.8 Å². The number of allylic oxidation sites excluding steroid dienone is 5. The summed E-state index contributed by atoms with van der Waals surface area (Å²) in [5, 5.41) is 23.3. The summed E-state index contributed by atoms with van der Waals surface area (Å²) in [7, 11) is 0. The zero-order valence-electron chi connectivity index (χ0n) is 56.9. The normalized spacial score (nSPS) is 12.7. The molecule has 6 nitrogen and oxygen atoms in total. The largest absolute Gasteiger partial charge is 0.466 e. The molecular weight excluding hydrogens is 1030 g/mol. The molecule has 496 valence electrons. The molecule has 0 saturated carbocycles. The minimum absolute atomic E-state index is 0.00550. The van der Waals surface area contributed by atoms with Gasteiger partial charge in [-0.05, 0) is 57.8 Å². The second-order valence-electron chi connectivity index (χ2n) is 26.3. The van der Waals surface area contributed by atoms with Crippen molar-refractivity contribution in [3.05, 3.63) is 36.5 Å². The maximum Gasteiger partial charge on any atom is 0.305 e. The number of carbonyl (C=O) groups is 2. The van der Waals surface area contributed by atoms with E-state index in [4.69, 9.17) is 4.74 Å². The highest BCUT2D eigenvalue weighted by atomic mass is 16.5. The van der Waals surface area contributed by atoms with Crippen LogP contribution in [0.5, 0.6) is 0 Å². The molecule has 0 aromatic carbocycles. The topological polar surface area (TPSA) is 95.9 Å². The molecule has 0 saturated heterocycles. The van der Waals surface area contributed by atoms with Crippen LogP contribution in [0.2, 0.25) is 0 Å². The summed E-state index contributed by atoms with van der Waals surface area (Å²) in [6.45, 7) is 4.88. The van der Waals surface area contributed by atoms with Crippen molar-refractivity contribution in [2.24, 2.45) is 0 Å². The lowest BCUT2D eigenvalue weighted by Crippen LogP contribution is -2.45. The van der Waals surface area contributed by atoms with Gasteiger partial charge in [0.05, 0.1) is 25.4 Å². The molecule has 0 heterocycles. The number of carbonyl (C=O) groups excluding carboxylic acids is 2. The molecule has 0 spiro atoms. The first-order valence-electron chi connectivity index (χ1n) is 38.3. The van der Waals surface area contributed by atoms with Crippen LogP contribution in [0.15, 0.2) is 36.5 Å². The third kappa shape index (κ3) is 69.2. The smallest absolute Gasteiger partial charge is 0.305 e. The third-order valence-electron chi connectivity index (χ3n) is 17.9. The molecular formula is C78H149NO5. The van der Waals surface area contributed by atoms with Crippen LogP contribution in [0.4, 0.5) is 0 Å². The Morgan fingerprint density at radius 2 is 0.619 bits per heavy atom. The van der Waals surface area contributed by atoms with Gasteiger partial charge in [-0.15, -0.1) is 0 Å². The Morgan fingerprint density at radius 3 is 0.952 bits per heavy atom. The summed E-state index contributed by atoms with van der Waals surface area (Å²) in [5.41, 5.74) is 0. The van der Waals surface area contributed by atoms with Gasteiger partial charge in [0.15, 0.2) is 0 Å². The highest BCUT2D eigenvalue weighted by Gasteiger charge is 2.18. The standard InChI is InChI=1S/C78H149NO5/c1-3-5-7-9-11-13-15-17-18-19-20-21-31-34-37-40-43-47-50-54-58-62-66-70-76(81)75(74-80)79-77(82)71-67-63-59-55-51-48-44-41-38-35-32-29-27-25-23-22-24-26-28-30-33-36-39-42-45-49-53-57-61-65-69-73-84-78(83)72-68-64-60-56-52-46-16-14-12-10-8-6-4-2/h8,10,14,16,66,70,75-76,80-81H,3-7,9,11-13,15,17-65,67-69,71-74H2,1-2H3,(H,79,82)/b10-8-,16-14-,70-66+. The maximum atomic E-state index is 12.5. The van der Waals surface area contributed by atoms with Crippen molar-refractivity contribution < 1.29 is 24.5 Å². The Kier molecular flexibility index (Phi) is 71.9. The second kappa shape index (κ2) is 73.5. The average Bonchev–Trinajstić information content (AvgIpc) is 3.51. The average molecular weight is 1180 g/mol. The lowest BCUT2D eigenvalue weighted by atomic mass is 10.0. The zero-order valence-corrected chi connectivity index (χ0v) is 56.9. The molecule has 2 unspecified atom stereocenters. The van der Waals surface area contributed by atoms with E-state index in [0.717, 1.165) is 51.4 Å². The third-order valence-corrected chi connectivity index (χ3v) is 17.9. The van der Waals surface area contributed by atoms with Gasteiger partial charge < -0.3 is 20.3 Å². The van der Waals surface area contributed by atoms with Crippen molar-refractivity contribution in [3.63, 3.8) is 0 Å². The molecule has 0 fully saturated rings. The van der Waals surface area contributed by atoms with E-state index in [1.54, 1.807) is 6.08 Å². The van der Waals surface area contributed by atoms with E-state index < -0.39 is 12.1 Å². The van der Waals surface area contributed by atoms with Crippen LogP contribution in [0.25, 0.3) is 0 Å².